The molecule has 1 aromatic carbocycles. The fourth-order valence-corrected chi connectivity index (χ4v) is 3.46. The van der Waals surface area contributed by atoms with Crippen LogP contribution < -0.4 is 15.2 Å². The Morgan fingerprint density at radius 1 is 1.30 bits per heavy atom. The molecule has 0 bridgehead atoms. The standard InChI is InChI=1S/C16H17ClIN3O2/c1-20-16(22)15(17)13(10-19-20)21-8-6-11(7-9-21)23-14-5-3-2-4-12(14)18/h2-5,10-11H,6-9H2,1H3. The molecule has 23 heavy (non-hydrogen) atoms. The number of halogens is 2. The van der Waals surface area contributed by atoms with Gasteiger partial charge in [-0.05, 0) is 34.7 Å². The summed E-state index contributed by atoms with van der Waals surface area (Å²) in [7, 11) is 1.60. The fraction of sp³-hybridized carbons (Fsp3) is 0.375. The number of ether oxygens (including phenoxy) is 1. The highest BCUT2D eigenvalue weighted by atomic mass is 127. The molecular weight excluding hydrogens is 429 g/mol. The smallest absolute Gasteiger partial charge is 0.287 e. The molecule has 1 fully saturated rings. The lowest BCUT2D eigenvalue weighted by molar-refractivity contribution is 0.169. The van der Waals surface area contributed by atoms with Crippen molar-refractivity contribution in [2.45, 2.75) is 18.9 Å². The van der Waals surface area contributed by atoms with Crippen LogP contribution in [0.3, 0.4) is 0 Å². The number of hydrogen-bond donors (Lipinski definition) is 0. The molecule has 0 atom stereocenters. The molecule has 0 radical (unpaired) electrons. The molecule has 2 aromatic rings. The van der Waals surface area contributed by atoms with Crippen LogP contribution in [0.2, 0.25) is 5.02 Å². The molecule has 2 heterocycles. The number of anilines is 1. The van der Waals surface area contributed by atoms with E-state index in [1.807, 2.05) is 24.3 Å². The first-order valence-corrected chi connectivity index (χ1v) is 8.90. The van der Waals surface area contributed by atoms with Crippen molar-refractivity contribution >= 4 is 39.9 Å². The molecule has 1 aliphatic heterocycles. The number of nitrogens with zero attached hydrogens (tertiary/aromatic N) is 3. The van der Waals surface area contributed by atoms with Crippen LogP contribution in [0.5, 0.6) is 5.75 Å². The molecule has 0 amide bonds. The van der Waals surface area contributed by atoms with Gasteiger partial charge in [-0.1, -0.05) is 23.7 Å². The highest BCUT2D eigenvalue weighted by molar-refractivity contribution is 14.1. The first-order chi connectivity index (χ1) is 11.1. The van der Waals surface area contributed by atoms with Crippen LogP contribution in [0.25, 0.3) is 0 Å². The fourth-order valence-electron chi connectivity index (χ4n) is 2.66. The van der Waals surface area contributed by atoms with Crippen molar-refractivity contribution in [3.05, 3.63) is 49.4 Å². The Bertz CT molecular complexity index is 757. The van der Waals surface area contributed by atoms with E-state index in [2.05, 4.69) is 32.6 Å². The van der Waals surface area contributed by atoms with Gasteiger partial charge in [0.15, 0.2) is 0 Å². The van der Waals surface area contributed by atoms with E-state index in [0.717, 1.165) is 35.3 Å². The monoisotopic (exact) mass is 445 g/mol. The summed E-state index contributed by atoms with van der Waals surface area (Å²) < 4.78 is 8.46. The van der Waals surface area contributed by atoms with Crippen molar-refractivity contribution in [1.29, 1.82) is 0 Å². The maximum atomic E-state index is 11.9. The zero-order valence-electron chi connectivity index (χ0n) is 12.7. The Hall–Kier alpha value is -1.28. The van der Waals surface area contributed by atoms with Gasteiger partial charge in [0, 0.05) is 33.0 Å². The first-order valence-electron chi connectivity index (χ1n) is 7.44. The maximum absolute atomic E-state index is 11.9. The molecule has 1 aliphatic rings. The van der Waals surface area contributed by atoms with Gasteiger partial charge in [-0.15, -0.1) is 0 Å². The Balaban J connectivity index is 1.66. The summed E-state index contributed by atoms with van der Waals surface area (Å²) >= 11 is 8.45. The Kier molecular flexibility index (Phi) is 5.11. The third-order valence-corrected chi connectivity index (χ3v) is 5.22. The quantitative estimate of drug-likeness (QED) is 0.681. The minimum absolute atomic E-state index is 0.181. The van der Waals surface area contributed by atoms with Crippen LogP contribution in [0, 0.1) is 3.57 Å². The molecule has 0 N–H and O–H groups in total. The first kappa shape index (κ1) is 16.6. The van der Waals surface area contributed by atoms with Gasteiger partial charge in [-0.3, -0.25) is 4.79 Å². The summed E-state index contributed by atoms with van der Waals surface area (Å²) in [5.41, 5.74) is 0.448. The van der Waals surface area contributed by atoms with Crippen molar-refractivity contribution in [3.63, 3.8) is 0 Å². The lowest BCUT2D eigenvalue weighted by Gasteiger charge is -2.34. The highest BCUT2D eigenvalue weighted by Gasteiger charge is 2.23. The number of hydrogen-bond acceptors (Lipinski definition) is 4. The molecule has 1 aromatic heterocycles. The predicted octanol–water partition coefficient (Wildman–Crippen LogP) is 3.09. The molecule has 7 heteroatoms. The molecule has 0 spiro atoms. The topological polar surface area (TPSA) is 47.4 Å². The number of aryl methyl sites for hydroxylation is 1. The maximum Gasteiger partial charge on any atom is 0.287 e. The van der Waals surface area contributed by atoms with E-state index in [1.165, 1.54) is 4.68 Å². The second-order valence-corrected chi connectivity index (χ2v) is 7.05. The number of benzene rings is 1. The van der Waals surface area contributed by atoms with Crippen LogP contribution >= 0.6 is 34.2 Å². The summed E-state index contributed by atoms with van der Waals surface area (Å²) in [4.78, 5) is 14.0. The van der Waals surface area contributed by atoms with Gasteiger partial charge in [-0.2, -0.15) is 5.10 Å². The summed E-state index contributed by atoms with van der Waals surface area (Å²) in [6.45, 7) is 1.59. The Labute approximate surface area is 153 Å². The van der Waals surface area contributed by atoms with Gasteiger partial charge in [0.05, 0.1) is 15.5 Å². The summed E-state index contributed by atoms with van der Waals surface area (Å²) in [6, 6.07) is 8.02. The van der Waals surface area contributed by atoms with Crippen molar-refractivity contribution in [2.24, 2.45) is 7.05 Å². The number of para-hydroxylation sites is 1. The minimum Gasteiger partial charge on any atom is -0.489 e. The van der Waals surface area contributed by atoms with Crippen LogP contribution in [0.1, 0.15) is 12.8 Å². The number of aromatic nitrogens is 2. The van der Waals surface area contributed by atoms with Crippen molar-refractivity contribution in [1.82, 2.24) is 9.78 Å². The molecule has 0 aliphatic carbocycles. The predicted molar refractivity (Wildman–Crippen MR) is 99.5 cm³/mol. The summed E-state index contributed by atoms with van der Waals surface area (Å²) in [5, 5.41) is 4.29. The van der Waals surface area contributed by atoms with E-state index in [4.69, 9.17) is 16.3 Å². The number of piperidine rings is 1. The summed E-state index contributed by atoms with van der Waals surface area (Å²) in [5.74, 6) is 0.930. The lowest BCUT2D eigenvalue weighted by atomic mass is 10.1. The van der Waals surface area contributed by atoms with E-state index >= 15 is 0 Å². The lowest BCUT2D eigenvalue weighted by Crippen LogP contribution is -2.39. The Morgan fingerprint density at radius 2 is 2.00 bits per heavy atom. The van der Waals surface area contributed by atoms with Crippen LogP contribution in [0.4, 0.5) is 5.69 Å². The van der Waals surface area contributed by atoms with Crippen molar-refractivity contribution < 1.29 is 4.74 Å². The van der Waals surface area contributed by atoms with Crippen molar-refractivity contribution in [2.75, 3.05) is 18.0 Å². The van der Waals surface area contributed by atoms with Gasteiger partial charge in [0.2, 0.25) is 0 Å². The van der Waals surface area contributed by atoms with Crippen molar-refractivity contribution in [3.8, 4) is 5.75 Å². The SMILES string of the molecule is Cn1ncc(N2CCC(Oc3ccccc3I)CC2)c(Cl)c1=O. The minimum atomic E-state index is -0.263. The van der Waals surface area contributed by atoms with E-state index in [9.17, 15) is 4.79 Å². The van der Waals surface area contributed by atoms with Gasteiger partial charge >= 0.3 is 0 Å². The molecule has 1 saturated heterocycles. The number of rotatable bonds is 3. The van der Waals surface area contributed by atoms with Gasteiger partial charge in [0.1, 0.15) is 16.9 Å². The largest absolute Gasteiger partial charge is 0.489 e. The van der Waals surface area contributed by atoms with Crippen LogP contribution in [-0.4, -0.2) is 29.0 Å². The van der Waals surface area contributed by atoms with Crippen LogP contribution in [-0.2, 0) is 7.05 Å². The Morgan fingerprint density at radius 3 is 2.70 bits per heavy atom. The van der Waals surface area contributed by atoms with Gasteiger partial charge in [0.25, 0.3) is 5.56 Å². The molecule has 122 valence electrons. The molecule has 3 rings (SSSR count). The molecule has 5 nitrogen and oxygen atoms in total. The van der Waals surface area contributed by atoms with Gasteiger partial charge < -0.3 is 9.64 Å². The van der Waals surface area contributed by atoms with E-state index in [1.54, 1.807) is 13.2 Å². The zero-order chi connectivity index (χ0) is 16.4. The summed E-state index contributed by atoms with van der Waals surface area (Å²) in [6.07, 6.45) is 3.61. The molecule has 0 saturated carbocycles. The zero-order valence-corrected chi connectivity index (χ0v) is 15.6. The average molecular weight is 446 g/mol. The third kappa shape index (κ3) is 3.63. The normalized spacial score (nSPS) is 15.7. The average Bonchev–Trinajstić information content (AvgIpc) is 2.56. The third-order valence-electron chi connectivity index (χ3n) is 3.97. The van der Waals surface area contributed by atoms with Crippen LogP contribution in [0.15, 0.2) is 35.3 Å². The second kappa shape index (κ2) is 7.09. The second-order valence-electron chi connectivity index (χ2n) is 5.51. The molecule has 0 unspecified atom stereocenters. The molecular formula is C16H17ClIN3O2. The van der Waals surface area contributed by atoms with E-state index in [-0.39, 0.29) is 16.7 Å². The van der Waals surface area contributed by atoms with E-state index in [0.29, 0.717) is 5.69 Å². The van der Waals surface area contributed by atoms with E-state index < -0.39 is 0 Å². The van der Waals surface area contributed by atoms with Gasteiger partial charge in [-0.25, -0.2) is 4.68 Å². The highest BCUT2D eigenvalue weighted by Crippen LogP contribution is 2.28.